The summed E-state index contributed by atoms with van der Waals surface area (Å²) in [5.41, 5.74) is 0. The van der Waals surface area contributed by atoms with E-state index in [0.717, 1.165) is 17.9 Å². The summed E-state index contributed by atoms with van der Waals surface area (Å²) in [6, 6.07) is 0.823. The smallest absolute Gasteiger partial charge is 0.0107 e. The molecule has 1 heterocycles. The van der Waals surface area contributed by atoms with Gasteiger partial charge in [-0.1, -0.05) is 33.1 Å². The van der Waals surface area contributed by atoms with E-state index in [1.165, 1.54) is 64.7 Å². The average Bonchev–Trinajstić information content (AvgIpc) is 2.29. The monoisotopic (exact) mass is 238 g/mol. The van der Waals surface area contributed by atoms with E-state index < -0.39 is 0 Å². The van der Waals surface area contributed by atoms with E-state index in [1.807, 2.05) is 0 Å². The third kappa shape index (κ3) is 4.59. The molecule has 0 bridgehead atoms. The maximum absolute atomic E-state index is 3.76. The summed E-state index contributed by atoms with van der Waals surface area (Å²) >= 11 is 0. The fourth-order valence-electron chi connectivity index (χ4n) is 3.71. The van der Waals surface area contributed by atoms with Crippen molar-refractivity contribution in [2.45, 2.75) is 58.4 Å². The van der Waals surface area contributed by atoms with Gasteiger partial charge in [-0.05, 0) is 31.1 Å². The van der Waals surface area contributed by atoms with Crippen LogP contribution in [0, 0.1) is 11.8 Å². The topological polar surface area (TPSA) is 15.3 Å². The van der Waals surface area contributed by atoms with Crippen molar-refractivity contribution >= 4 is 0 Å². The SMILES string of the molecule is CC1CC(C)CN(CCNC2CCCCC2)C1. The fraction of sp³-hybridized carbons (Fsp3) is 1.00. The molecule has 0 aromatic rings. The van der Waals surface area contributed by atoms with Gasteiger partial charge in [-0.3, -0.25) is 0 Å². The predicted octanol–water partition coefficient (Wildman–Crippen LogP) is 2.89. The lowest BCUT2D eigenvalue weighted by molar-refractivity contribution is 0.140. The van der Waals surface area contributed by atoms with E-state index in [0.29, 0.717) is 0 Å². The van der Waals surface area contributed by atoms with Crippen LogP contribution in [0.4, 0.5) is 0 Å². The molecule has 0 radical (unpaired) electrons. The van der Waals surface area contributed by atoms with Crippen molar-refractivity contribution in [2.75, 3.05) is 26.2 Å². The third-order valence-electron chi connectivity index (χ3n) is 4.41. The first-order valence-corrected chi connectivity index (χ1v) is 7.70. The van der Waals surface area contributed by atoms with Gasteiger partial charge in [0.25, 0.3) is 0 Å². The van der Waals surface area contributed by atoms with Crippen LogP contribution in [0.25, 0.3) is 0 Å². The van der Waals surface area contributed by atoms with Crippen LogP contribution >= 0.6 is 0 Å². The minimum absolute atomic E-state index is 0.823. The Hall–Kier alpha value is -0.0800. The van der Waals surface area contributed by atoms with Crippen LogP contribution in [0.2, 0.25) is 0 Å². The Morgan fingerprint density at radius 3 is 2.29 bits per heavy atom. The Morgan fingerprint density at radius 1 is 1.00 bits per heavy atom. The van der Waals surface area contributed by atoms with Crippen LogP contribution in [0.3, 0.4) is 0 Å². The Labute approximate surface area is 107 Å². The lowest BCUT2D eigenvalue weighted by Crippen LogP contribution is -2.43. The van der Waals surface area contributed by atoms with Gasteiger partial charge >= 0.3 is 0 Å². The number of rotatable bonds is 4. The first-order chi connectivity index (χ1) is 8.24. The minimum Gasteiger partial charge on any atom is -0.313 e. The first kappa shape index (κ1) is 13.4. The van der Waals surface area contributed by atoms with Crippen molar-refractivity contribution in [1.29, 1.82) is 0 Å². The molecule has 0 aromatic carbocycles. The molecular formula is C15H30N2. The summed E-state index contributed by atoms with van der Waals surface area (Å²) in [5, 5.41) is 3.76. The molecule has 1 aliphatic carbocycles. The molecular weight excluding hydrogens is 208 g/mol. The van der Waals surface area contributed by atoms with Crippen LogP contribution in [-0.2, 0) is 0 Å². The highest BCUT2D eigenvalue weighted by Gasteiger charge is 2.21. The summed E-state index contributed by atoms with van der Waals surface area (Å²) in [6.07, 6.45) is 8.58. The Kier molecular flexibility index (Phi) is 5.30. The molecule has 2 atom stereocenters. The summed E-state index contributed by atoms with van der Waals surface area (Å²) in [7, 11) is 0. The normalized spacial score (nSPS) is 32.8. The molecule has 2 fully saturated rings. The van der Waals surface area contributed by atoms with Crippen LogP contribution in [0.1, 0.15) is 52.4 Å². The fourth-order valence-corrected chi connectivity index (χ4v) is 3.71. The van der Waals surface area contributed by atoms with E-state index in [1.54, 1.807) is 0 Å². The van der Waals surface area contributed by atoms with Gasteiger partial charge in [0.1, 0.15) is 0 Å². The third-order valence-corrected chi connectivity index (χ3v) is 4.41. The highest BCUT2D eigenvalue weighted by Crippen LogP contribution is 2.20. The summed E-state index contributed by atoms with van der Waals surface area (Å²) in [4.78, 5) is 2.66. The Morgan fingerprint density at radius 2 is 1.65 bits per heavy atom. The highest BCUT2D eigenvalue weighted by atomic mass is 15.1. The van der Waals surface area contributed by atoms with Gasteiger partial charge in [0, 0.05) is 32.2 Å². The van der Waals surface area contributed by atoms with Gasteiger partial charge in [0.05, 0.1) is 0 Å². The van der Waals surface area contributed by atoms with Crippen LogP contribution in [0.5, 0.6) is 0 Å². The van der Waals surface area contributed by atoms with Gasteiger partial charge in [-0.15, -0.1) is 0 Å². The summed E-state index contributed by atoms with van der Waals surface area (Å²) in [5.74, 6) is 1.79. The number of piperidine rings is 1. The predicted molar refractivity (Wildman–Crippen MR) is 74.3 cm³/mol. The largest absolute Gasteiger partial charge is 0.313 e. The second-order valence-electron chi connectivity index (χ2n) is 6.49. The lowest BCUT2D eigenvalue weighted by atomic mass is 9.92. The van der Waals surface area contributed by atoms with E-state index >= 15 is 0 Å². The van der Waals surface area contributed by atoms with Crippen molar-refractivity contribution < 1.29 is 0 Å². The van der Waals surface area contributed by atoms with Crippen molar-refractivity contribution in [2.24, 2.45) is 11.8 Å². The average molecular weight is 238 g/mol. The number of hydrogen-bond acceptors (Lipinski definition) is 2. The van der Waals surface area contributed by atoms with Crippen molar-refractivity contribution in [3.8, 4) is 0 Å². The second-order valence-corrected chi connectivity index (χ2v) is 6.49. The molecule has 1 aliphatic heterocycles. The van der Waals surface area contributed by atoms with Gasteiger partial charge < -0.3 is 10.2 Å². The Balaban J connectivity index is 1.60. The summed E-state index contributed by atoms with van der Waals surface area (Å²) in [6.45, 7) is 9.89. The van der Waals surface area contributed by atoms with E-state index in [4.69, 9.17) is 0 Å². The van der Waals surface area contributed by atoms with Crippen molar-refractivity contribution in [3.63, 3.8) is 0 Å². The number of likely N-dealkylation sites (tertiary alicyclic amines) is 1. The molecule has 0 amide bonds. The van der Waals surface area contributed by atoms with E-state index in [2.05, 4.69) is 24.1 Å². The van der Waals surface area contributed by atoms with Crippen LogP contribution in [0.15, 0.2) is 0 Å². The molecule has 2 heteroatoms. The lowest BCUT2D eigenvalue weighted by Gasteiger charge is -2.35. The minimum atomic E-state index is 0.823. The quantitative estimate of drug-likeness (QED) is 0.810. The number of nitrogens with one attached hydrogen (secondary N) is 1. The second kappa shape index (κ2) is 6.75. The molecule has 100 valence electrons. The molecule has 2 nitrogen and oxygen atoms in total. The Bertz CT molecular complexity index is 201. The van der Waals surface area contributed by atoms with Gasteiger partial charge in [-0.2, -0.15) is 0 Å². The van der Waals surface area contributed by atoms with E-state index in [9.17, 15) is 0 Å². The summed E-state index contributed by atoms with van der Waals surface area (Å²) < 4.78 is 0. The van der Waals surface area contributed by atoms with Crippen molar-refractivity contribution in [1.82, 2.24) is 10.2 Å². The van der Waals surface area contributed by atoms with Gasteiger partial charge in [0.2, 0.25) is 0 Å². The number of nitrogens with zero attached hydrogens (tertiary/aromatic N) is 1. The molecule has 1 saturated carbocycles. The highest BCUT2D eigenvalue weighted by molar-refractivity contribution is 4.77. The van der Waals surface area contributed by atoms with Gasteiger partial charge in [0.15, 0.2) is 0 Å². The molecule has 0 aromatic heterocycles. The maximum atomic E-state index is 3.76. The van der Waals surface area contributed by atoms with Gasteiger partial charge in [-0.25, -0.2) is 0 Å². The maximum Gasteiger partial charge on any atom is 0.0107 e. The molecule has 1 N–H and O–H groups in total. The molecule has 2 rings (SSSR count). The van der Waals surface area contributed by atoms with Crippen LogP contribution in [-0.4, -0.2) is 37.1 Å². The molecule has 0 spiro atoms. The zero-order valence-electron chi connectivity index (χ0n) is 11.8. The molecule has 1 saturated heterocycles. The van der Waals surface area contributed by atoms with Crippen molar-refractivity contribution in [3.05, 3.63) is 0 Å². The zero-order valence-corrected chi connectivity index (χ0v) is 11.8. The van der Waals surface area contributed by atoms with Crippen LogP contribution < -0.4 is 5.32 Å². The molecule has 2 unspecified atom stereocenters. The molecule has 2 aliphatic rings. The molecule has 17 heavy (non-hydrogen) atoms. The van der Waals surface area contributed by atoms with E-state index in [-0.39, 0.29) is 0 Å². The zero-order chi connectivity index (χ0) is 12.1. The standard InChI is InChI=1S/C15H30N2/c1-13-10-14(2)12-17(11-13)9-8-16-15-6-4-3-5-7-15/h13-16H,3-12H2,1-2H3. The first-order valence-electron chi connectivity index (χ1n) is 7.70. The number of hydrogen-bond donors (Lipinski definition) is 1.